The van der Waals surface area contributed by atoms with Crippen molar-refractivity contribution in [1.82, 2.24) is 5.32 Å². The van der Waals surface area contributed by atoms with Crippen molar-refractivity contribution in [3.63, 3.8) is 0 Å². The van der Waals surface area contributed by atoms with Crippen LogP contribution in [0, 0.1) is 11.7 Å². The number of rotatable bonds is 7. The van der Waals surface area contributed by atoms with E-state index in [0.29, 0.717) is 22.7 Å². The zero-order valence-corrected chi connectivity index (χ0v) is 18.6. The molecule has 3 aromatic carbocycles. The van der Waals surface area contributed by atoms with Crippen molar-refractivity contribution >= 4 is 29.1 Å². The standard InChI is InChI=1S/C26H24FN3O4/c1-34-21-12-10-20(11-13-21)30-16-18(14-24(30)31)25(32)29-23-5-3-2-4-22(23)26(33)28-15-17-6-8-19(27)9-7-17/h2-13,18H,14-16H2,1H3,(H,28,33)(H,29,32)/t18-/m0/s1. The largest absolute Gasteiger partial charge is 0.497 e. The second-order valence-corrected chi connectivity index (χ2v) is 7.95. The summed E-state index contributed by atoms with van der Waals surface area (Å²) in [6, 6.07) is 19.6. The predicted octanol–water partition coefficient (Wildman–Crippen LogP) is 3.76. The summed E-state index contributed by atoms with van der Waals surface area (Å²) in [5.41, 5.74) is 2.11. The molecule has 8 heteroatoms. The quantitative estimate of drug-likeness (QED) is 0.561. The number of halogens is 1. The highest BCUT2D eigenvalue weighted by atomic mass is 19.1. The minimum Gasteiger partial charge on any atom is -0.497 e. The highest BCUT2D eigenvalue weighted by Gasteiger charge is 2.35. The first kappa shape index (κ1) is 23.0. The van der Waals surface area contributed by atoms with Crippen molar-refractivity contribution in [2.75, 3.05) is 23.9 Å². The van der Waals surface area contributed by atoms with Crippen LogP contribution in [-0.4, -0.2) is 31.4 Å². The number of hydrogen-bond acceptors (Lipinski definition) is 4. The Kier molecular flexibility index (Phi) is 6.87. The summed E-state index contributed by atoms with van der Waals surface area (Å²) in [6.45, 7) is 0.464. The van der Waals surface area contributed by atoms with Gasteiger partial charge in [-0.05, 0) is 54.1 Å². The smallest absolute Gasteiger partial charge is 0.253 e. The molecule has 0 aliphatic carbocycles. The Morgan fingerprint density at radius 3 is 2.44 bits per heavy atom. The van der Waals surface area contributed by atoms with Gasteiger partial charge < -0.3 is 20.3 Å². The topological polar surface area (TPSA) is 87.7 Å². The first-order valence-corrected chi connectivity index (χ1v) is 10.8. The third-order valence-corrected chi connectivity index (χ3v) is 5.68. The van der Waals surface area contributed by atoms with Gasteiger partial charge in [-0.25, -0.2) is 4.39 Å². The Balaban J connectivity index is 1.40. The molecule has 1 aliphatic rings. The lowest BCUT2D eigenvalue weighted by molar-refractivity contribution is -0.122. The molecule has 2 N–H and O–H groups in total. The summed E-state index contributed by atoms with van der Waals surface area (Å²) in [6.07, 6.45) is 0.0802. The van der Waals surface area contributed by atoms with E-state index in [-0.39, 0.29) is 43.0 Å². The maximum absolute atomic E-state index is 13.1. The fourth-order valence-corrected chi connectivity index (χ4v) is 3.80. The molecule has 1 fully saturated rings. The number of amides is 3. The van der Waals surface area contributed by atoms with E-state index in [4.69, 9.17) is 4.74 Å². The van der Waals surface area contributed by atoms with Crippen LogP contribution >= 0.6 is 0 Å². The molecule has 1 saturated heterocycles. The van der Waals surface area contributed by atoms with Crippen LogP contribution < -0.4 is 20.3 Å². The van der Waals surface area contributed by atoms with Crippen LogP contribution in [0.25, 0.3) is 0 Å². The molecule has 0 radical (unpaired) electrons. The van der Waals surface area contributed by atoms with E-state index in [2.05, 4.69) is 10.6 Å². The number of para-hydroxylation sites is 1. The number of hydrogen-bond donors (Lipinski definition) is 2. The minimum absolute atomic E-state index is 0.0802. The van der Waals surface area contributed by atoms with Gasteiger partial charge in [0, 0.05) is 25.2 Å². The zero-order valence-electron chi connectivity index (χ0n) is 18.6. The molecule has 3 aromatic rings. The van der Waals surface area contributed by atoms with E-state index in [9.17, 15) is 18.8 Å². The summed E-state index contributed by atoms with van der Waals surface area (Å²) >= 11 is 0. The molecular formula is C26H24FN3O4. The van der Waals surface area contributed by atoms with Crippen LogP contribution in [-0.2, 0) is 16.1 Å². The van der Waals surface area contributed by atoms with E-state index in [1.807, 2.05) is 0 Å². The monoisotopic (exact) mass is 461 g/mol. The van der Waals surface area contributed by atoms with Crippen LogP contribution in [0.3, 0.4) is 0 Å². The van der Waals surface area contributed by atoms with Crippen molar-refractivity contribution in [2.24, 2.45) is 5.92 Å². The number of nitrogens with one attached hydrogen (secondary N) is 2. The van der Waals surface area contributed by atoms with Crippen molar-refractivity contribution in [3.05, 3.63) is 89.7 Å². The number of nitrogens with zero attached hydrogens (tertiary/aromatic N) is 1. The Bertz CT molecular complexity index is 1200. The van der Waals surface area contributed by atoms with Crippen molar-refractivity contribution < 1.29 is 23.5 Å². The second kappa shape index (κ2) is 10.2. The van der Waals surface area contributed by atoms with E-state index in [0.717, 1.165) is 5.56 Å². The summed E-state index contributed by atoms with van der Waals surface area (Å²) in [5, 5.41) is 5.58. The average molecular weight is 461 g/mol. The highest BCUT2D eigenvalue weighted by molar-refractivity contribution is 6.07. The molecule has 1 heterocycles. The molecule has 0 spiro atoms. The Labute approximate surface area is 196 Å². The fraction of sp³-hybridized carbons (Fsp3) is 0.192. The Morgan fingerprint density at radius 1 is 1.03 bits per heavy atom. The lowest BCUT2D eigenvalue weighted by Gasteiger charge is -2.17. The molecule has 1 atom stereocenters. The summed E-state index contributed by atoms with van der Waals surface area (Å²) in [4.78, 5) is 39.8. The number of anilines is 2. The van der Waals surface area contributed by atoms with Crippen LogP contribution in [0.15, 0.2) is 72.8 Å². The normalized spacial score (nSPS) is 15.2. The summed E-state index contributed by atoms with van der Waals surface area (Å²) in [5.74, 6) is -1.07. The van der Waals surface area contributed by atoms with E-state index in [1.165, 1.54) is 12.1 Å². The minimum atomic E-state index is -0.551. The maximum Gasteiger partial charge on any atom is 0.253 e. The van der Waals surface area contributed by atoms with Gasteiger partial charge in [-0.3, -0.25) is 14.4 Å². The highest BCUT2D eigenvalue weighted by Crippen LogP contribution is 2.28. The van der Waals surface area contributed by atoms with Crippen LogP contribution in [0.2, 0.25) is 0 Å². The second-order valence-electron chi connectivity index (χ2n) is 7.95. The summed E-state index contributed by atoms with van der Waals surface area (Å²) < 4.78 is 18.2. The third kappa shape index (κ3) is 5.23. The number of benzene rings is 3. The van der Waals surface area contributed by atoms with E-state index < -0.39 is 5.92 Å². The average Bonchev–Trinajstić information content (AvgIpc) is 3.25. The molecular weight excluding hydrogens is 437 g/mol. The molecule has 3 amide bonds. The molecule has 174 valence electrons. The number of carbonyl (C=O) groups excluding carboxylic acids is 3. The van der Waals surface area contributed by atoms with Crippen LogP contribution in [0.4, 0.5) is 15.8 Å². The molecule has 4 rings (SSSR count). The van der Waals surface area contributed by atoms with Gasteiger partial charge >= 0.3 is 0 Å². The lowest BCUT2D eigenvalue weighted by Crippen LogP contribution is -2.29. The van der Waals surface area contributed by atoms with Gasteiger partial charge in [0.25, 0.3) is 5.91 Å². The molecule has 0 aromatic heterocycles. The van der Waals surface area contributed by atoms with Gasteiger partial charge in [0.05, 0.1) is 24.3 Å². The number of methoxy groups -OCH3 is 1. The SMILES string of the molecule is COc1ccc(N2C[C@@H](C(=O)Nc3ccccc3C(=O)NCc3ccc(F)cc3)CC2=O)cc1. The Hall–Kier alpha value is -4.20. The van der Waals surface area contributed by atoms with E-state index >= 15 is 0 Å². The van der Waals surface area contributed by atoms with Crippen molar-refractivity contribution in [3.8, 4) is 5.75 Å². The first-order chi connectivity index (χ1) is 16.4. The molecule has 0 bridgehead atoms. The van der Waals surface area contributed by atoms with Crippen molar-refractivity contribution in [2.45, 2.75) is 13.0 Å². The van der Waals surface area contributed by atoms with Crippen LogP contribution in [0.1, 0.15) is 22.3 Å². The number of ether oxygens (including phenoxy) is 1. The van der Waals surface area contributed by atoms with Gasteiger partial charge in [-0.15, -0.1) is 0 Å². The van der Waals surface area contributed by atoms with Crippen LogP contribution in [0.5, 0.6) is 5.75 Å². The molecule has 0 unspecified atom stereocenters. The van der Waals surface area contributed by atoms with Gasteiger partial charge in [0.15, 0.2) is 0 Å². The summed E-state index contributed by atoms with van der Waals surface area (Å²) in [7, 11) is 1.57. The van der Waals surface area contributed by atoms with Gasteiger partial charge in [-0.2, -0.15) is 0 Å². The van der Waals surface area contributed by atoms with Gasteiger partial charge in [-0.1, -0.05) is 24.3 Å². The number of carbonyl (C=O) groups is 3. The molecule has 34 heavy (non-hydrogen) atoms. The zero-order chi connectivity index (χ0) is 24.1. The Morgan fingerprint density at radius 2 is 1.74 bits per heavy atom. The van der Waals surface area contributed by atoms with Gasteiger partial charge in [0.1, 0.15) is 11.6 Å². The first-order valence-electron chi connectivity index (χ1n) is 10.8. The van der Waals surface area contributed by atoms with Crippen molar-refractivity contribution in [1.29, 1.82) is 0 Å². The lowest BCUT2D eigenvalue weighted by atomic mass is 10.1. The predicted molar refractivity (Wildman–Crippen MR) is 126 cm³/mol. The fourth-order valence-electron chi connectivity index (χ4n) is 3.80. The maximum atomic E-state index is 13.1. The van der Waals surface area contributed by atoms with Gasteiger partial charge in [0.2, 0.25) is 11.8 Å². The molecule has 1 aliphatic heterocycles. The molecule has 0 saturated carbocycles. The van der Waals surface area contributed by atoms with E-state index in [1.54, 1.807) is 72.7 Å². The molecule has 7 nitrogen and oxygen atoms in total. The third-order valence-electron chi connectivity index (χ3n) is 5.68.